The summed E-state index contributed by atoms with van der Waals surface area (Å²) < 4.78 is 14.4. The van der Waals surface area contributed by atoms with Crippen molar-refractivity contribution in [3.63, 3.8) is 0 Å². The third kappa shape index (κ3) is 4.31. The van der Waals surface area contributed by atoms with Crippen molar-refractivity contribution in [3.8, 4) is 0 Å². The van der Waals surface area contributed by atoms with Crippen molar-refractivity contribution in [2.45, 2.75) is 84.0 Å². The minimum absolute atomic E-state index is 0.0177. The van der Waals surface area contributed by atoms with Crippen molar-refractivity contribution in [1.82, 2.24) is 0 Å². The van der Waals surface area contributed by atoms with Crippen LogP contribution in [0.3, 0.4) is 0 Å². The molecular formula is C20H31F. The zero-order valence-corrected chi connectivity index (χ0v) is 14.0. The Hall–Kier alpha value is -0.850. The van der Waals surface area contributed by atoms with E-state index in [4.69, 9.17) is 0 Å². The highest BCUT2D eigenvalue weighted by Gasteiger charge is 2.22. The minimum Gasteiger partial charge on any atom is -0.207 e. The van der Waals surface area contributed by atoms with Gasteiger partial charge in [0, 0.05) is 0 Å². The van der Waals surface area contributed by atoms with E-state index < -0.39 is 0 Å². The molecule has 0 nitrogen and oxygen atoms in total. The maximum absolute atomic E-state index is 14.4. The Balaban J connectivity index is 2.00. The summed E-state index contributed by atoms with van der Waals surface area (Å²) in [6.45, 7) is 6.58. The fourth-order valence-electron chi connectivity index (χ4n) is 3.98. The molecule has 0 bridgehead atoms. The van der Waals surface area contributed by atoms with Gasteiger partial charge in [0.1, 0.15) is 5.82 Å². The molecule has 1 aliphatic carbocycles. The highest BCUT2D eigenvalue weighted by atomic mass is 19.1. The van der Waals surface area contributed by atoms with Crippen molar-refractivity contribution in [3.05, 3.63) is 35.1 Å². The van der Waals surface area contributed by atoms with Crippen LogP contribution in [-0.2, 0) is 0 Å². The van der Waals surface area contributed by atoms with E-state index in [1.54, 1.807) is 0 Å². The highest BCUT2D eigenvalue weighted by Crippen LogP contribution is 2.38. The normalized spacial score (nSPS) is 24.0. The molecule has 0 aromatic heterocycles. The van der Waals surface area contributed by atoms with Crippen molar-refractivity contribution in [2.75, 3.05) is 0 Å². The number of halogens is 1. The molecule has 1 saturated carbocycles. The molecular weight excluding hydrogens is 259 g/mol. The number of hydrogen-bond donors (Lipinski definition) is 0. The summed E-state index contributed by atoms with van der Waals surface area (Å²) in [6.07, 6.45) is 9.99. The van der Waals surface area contributed by atoms with Gasteiger partial charge in [0.2, 0.25) is 0 Å². The molecule has 1 atom stereocenters. The van der Waals surface area contributed by atoms with Gasteiger partial charge in [-0.1, -0.05) is 52.2 Å². The van der Waals surface area contributed by atoms with Gasteiger partial charge in [-0.25, -0.2) is 4.39 Å². The van der Waals surface area contributed by atoms with Crippen LogP contribution >= 0.6 is 0 Å². The summed E-state index contributed by atoms with van der Waals surface area (Å²) in [5.74, 6) is 1.86. The van der Waals surface area contributed by atoms with Gasteiger partial charge < -0.3 is 0 Å². The number of rotatable bonds is 6. The Bertz CT molecular complexity index is 429. The summed E-state index contributed by atoms with van der Waals surface area (Å²) >= 11 is 0. The second-order valence-electron chi connectivity index (χ2n) is 6.98. The van der Waals surface area contributed by atoms with Crippen LogP contribution < -0.4 is 0 Å². The lowest BCUT2D eigenvalue weighted by atomic mass is 9.77. The molecule has 2 rings (SSSR count). The van der Waals surface area contributed by atoms with Crippen LogP contribution in [0.15, 0.2) is 18.2 Å². The summed E-state index contributed by atoms with van der Waals surface area (Å²) in [4.78, 5) is 0. The third-order valence-electron chi connectivity index (χ3n) is 5.29. The molecule has 1 aromatic rings. The SMILES string of the molecule is CCCC1CCC(c2ccc(C(C)CCC)c(F)c2)CC1. The number of benzene rings is 1. The first kappa shape index (κ1) is 16.5. The fourth-order valence-corrected chi connectivity index (χ4v) is 3.98. The Kier molecular flexibility index (Phi) is 6.26. The monoisotopic (exact) mass is 290 g/mol. The van der Waals surface area contributed by atoms with Crippen LogP contribution in [0, 0.1) is 11.7 Å². The molecule has 0 amide bonds. The standard InChI is InChI=1S/C20H31F/c1-4-6-15(3)19-13-12-18(14-20(19)21)17-10-8-16(7-5-2)9-11-17/h12-17H,4-11H2,1-3H3. The zero-order chi connectivity index (χ0) is 15.2. The molecule has 1 heteroatoms. The van der Waals surface area contributed by atoms with Gasteiger partial charge in [0.05, 0.1) is 0 Å². The van der Waals surface area contributed by atoms with Crippen LogP contribution in [0.1, 0.15) is 95.1 Å². The quantitative estimate of drug-likeness (QED) is 0.540. The van der Waals surface area contributed by atoms with Crippen LogP contribution in [-0.4, -0.2) is 0 Å². The summed E-state index contributed by atoms with van der Waals surface area (Å²) in [6, 6.07) is 6.06. The average molecular weight is 290 g/mol. The topological polar surface area (TPSA) is 0 Å². The van der Waals surface area contributed by atoms with Crippen LogP contribution in [0.4, 0.5) is 4.39 Å². The van der Waals surface area contributed by atoms with E-state index >= 15 is 0 Å². The molecule has 0 aliphatic heterocycles. The third-order valence-corrected chi connectivity index (χ3v) is 5.29. The van der Waals surface area contributed by atoms with Gasteiger partial charge in [0.15, 0.2) is 0 Å². The summed E-state index contributed by atoms with van der Waals surface area (Å²) in [5.41, 5.74) is 2.13. The maximum atomic E-state index is 14.4. The highest BCUT2D eigenvalue weighted by molar-refractivity contribution is 5.29. The van der Waals surface area contributed by atoms with E-state index in [9.17, 15) is 4.39 Å². The lowest BCUT2D eigenvalue weighted by molar-refractivity contribution is 0.308. The first-order chi connectivity index (χ1) is 10.2. The second kappa shape index (κ2) is 7.96. The Morgan fingerprint density at radius 3 is 2.38 bits per heavy atom. The predicted molar refractivity (Wildman–Crippen MR) is 89.3 cm³/mol. The van der Waals surface area contributed by atoms with Crippen molar-refractivity contribution in [1.29, 1.82) is 0 Å². The molecule has 1 aliphatic rings. The summed E-state index contributed by atoms with van der Waals surface area (Å²) in [5, 5.41) is 0. The minimum atomic E-state index is 0.0177. The Morgan fingerprint density at radius 2 is 1.81 bits per heavy atom. The first-order valence-corrected chi connectivity index (χ1v) is 8.95. The van der Waals surface area contributed by atoms with E-state index in [1.807, 2.05) is 12.1 Å². The Morgan fingerprint density at radius 1 is 1.10 bits per heavy atom. The average Bonchev–Trinajstić information content (AvgIpc) is 2.48. The van der Waals surface area contributed by atoms with E-state index in [0.29, 0.717) is 11.8 Å². The van der Waals surface area contributed by atoms with Crippen LogP contribution in [0.5, 0.6) is 0 Å². The van der Waals surface area contributed by atoms with Gasteiger partial charge in [-0.15, -0.1) is 0 Å². The smallest absolute Gasteiger partial charge is 0.126 e. The zero-order valence-electron chi connectivity index (χ0n) is 14.0. The first-order valence-electron chi connectivity index (χ1n) is 8.95. The fraction of sp³-hybridized carbons (Fsp3) is 0.700. The second-order valence-corrected chi connectivity index (χ2v) is 6.98. The van der Waals surface area contributed by atoms with E-state index in [2.05, 4.69) is 26.8 Å². The van der Waals surface area contributed by atoms with Gasteiger partial charge in [-0.05, 0) is 67.1 Å². The summed E-state index contributed by atoms with van der Waals surface area (Å²) in [7, 11) is 0. The maximum Gasteiger partial charge on any atom is 0.126 e. The van der Waals surface area contributed by atoms with Crippen LogP contribution in [0.25, 0.3) is 0 Å². The molecule has 0 N–H and O–H groups in total. The Labute approximate surface area is 130 Å². The van der Waals surface area contributed by atoms with Crippen LogP contribution in [0.2, 0.25) is 0 Å². The number of hydrogen-bond acceptors (Lipinski definition) is 0. The van der Waals surface area contributed by atoms with Gasteiger partial charge in [0.25, 0.3) is 0 Å². The van der Waals surface area contributed by atoms with E-state index in [0.717, 1.165) is 24.3 Å². The molecule has 21 heavy (non-hydrogen) atoms. The van der Waals surface area contributed by atoms with Gasteiger partial charge in [-0.2, -0.15) is 0 Å². The molecule has 0 radical (unpaired) electrons. The lowest BCUT2D eigenvalue weighted by Gasteiger charge is -2.29. The molecule has 1 fully saturated rings. The largest absolute Gasteiger partial charge is 0.207 e. The van der Waals surface area contributed by atoms with Gasteiger partial charge in [-0.3, -0.25) is 0 Å². The molecule has 0 saturated heterocycles. The van der Waals surface area contributed by atoms with Crippen molar-refractivity contribution < 1.29 is 4.39 Å². The predicted octanol–water partition coefficient (Wildman–Crippen LogP) is 6.80. The van der Waals surface area contributed by atoms with E-state index in [-0.39, 0.29) is 5.82 Å². The molecule has 0 spiro atoms. The van der Waals surface area contributed by atoms with Crippen molar-refractivity contribution >= 4 is 0 Å². The lowest BCUT2D eigenvalue weighted by Crippen LogP contribution is -2.13. The molecule has 1 unspecified atom stereocenters. The molecule has 0 heterocycles. The van der Waals surface area contributed by atoms with Gasteiger partial charge >= 0.3 is 0 Å². The molecule has 118 valence electrons. The molecule has 1 aromatic carbocycles. The van der Waals surface area contributed by atoms with E-state index in [1.165, 1.54) is 44.1 Å². The van der Waals surface area contributed by atoms with Crippen molar-refractivity contribution in [2.24, 2.45) is 5.92 Å².